The molecule has 0 aliphatic heterocycles. The average molecular weight is 509 g/mol. The fraction of sp³-hybridized carbons (Fsp3) is 0.286. The Labute approximate surface area is 214 Å². The highest BCUT2D eigenvalue weighted by molar-refractivity contribution is 5.94. The quantitative estimate of drug-likeness (QED) is 0.226. The van der Waals surface area contributed by atoms with Crippen molar-refractivity contribution in [3.8, 4) is 28.4 Å². The molecule has 0 aliphatic carbocycles. The van der Waals surface area contributed by atoms with Crippen LogP contribution in [0.5, 0.6) is 17.2 Å². The maximum absolute atomic E-state index is 14.7. The lowest BCUT2D eigenvalue weighted by Crippen LogP contribution is -2.15. The van der Waals surface area contributed by atoms with Gasteiger partial charge in [-0.05, 0) is 48.7 Å². The number of benzene rings is 3. The summed E-state index contributed by atoms with van der Waals surface area (Å²) in [5.41, 5.74) is 6.87. The minimum Gasteiger partial charge on any atom is -0.495 e. The fourth-order valence-electron chi connectivity index (χ4n) is 4.16. The molecule has 0 saturated heterocycles. The van der Waals surface area contributed by atoms with Gasteiger partial charge in [0.25, 0.3) is 0 Å². The predicted octanol–water partition coefficient (Wildman–Crippen LogP) is 6.88. The molecular weight excluding hydrogens is 478 g/mol. The number of nitrogen functional groups attached to an aromatic ring is 1. The maximum atomic E-state index is 14.7. The first-order valence-electron chi connectivity index (χ1n) is 12.1. The van der Waals surface area contributed by atoms with Gasteiger partial charge in [0, 0.05) is 17.0 Å². The molecule has 0 spiro atoms. The van der Waals surface area contributed by atoms with Crippen molar-refractivity contribution in [1.29, 1.82) is 0 Å². The minimum absolute atomic E-state index is 0.0483. The molecule has 1 heterocycles. The van der Waals surface area contributed by atoms with Crippen molar-refractivity contribution >= 4 is 28.1 Å². The Morgan fingerprint density at radius 1 is 0.946 bits per heavy atom. The number of nitrogens with zero attached hydrogens (tertiary/aromatic N) is 2. The number of nitrogens with one attached hydrogen (secondary N) is 1. The van der Waals surface area contributed by atoms with Crippen LogP contribution in [0.1, 0.15) is 33.1 Å². The molecule has 0 bridgehead atoms. The summed E-state index contributed by atoms with van der Waals surface area (Å²) in [6, 6.07) is 11.2. The molecule has 4 rings (SSSR count). The zero-order chi connectivity index (χ0) is 26.5. The van der Waals surface area contributed by atoms with E-state index >= 15 is 0 Å². The summed E-state index contributed by atoms with van der Waals surface area (Å²) in [5, 5.41) is 3.98. The van der Waals surface area contributed by atoms with E-state index in [1.165, 1.54) is 19.5 Å². The Hall–Kier alpha value is -4.14. The van der Waals surface area contributed by atoms with E-state index < -0.39 is 17.3 Å². The second-order valence-electron chi connectivity index (χ2n) is 8.54. The third kappa shape index (κ3) is 5.35. The van der Waals surface area contributed by atoms with E-state index in [1.807, 2.05) is 6.07 Å². The molecule has 7 nitrogen and oxygen atoms in total. The first kappa shape index (κ1) is 25.9. The van der Waals surface area contributed by atoms with Gasteiger partial charge in [0.1, 0.15) is 29.4 Å². The molecule has 3 N–H and O–H groups in total. The molecule has 1 aromatic heterocycles. The maximum Gasteiger partial charge on any atom is 0.162 e. The molecule has 194 valence electrons. The van der Waals surface area contributed by atoms with Crippen LogP contribution in [0.25, 0.3) is 22.0 Å². The monoisotopic (exact) mass is 508 g/mol. The zero-order valence-corrected chi connectivity index (χ0v) is 21.3. The number of fused-ring (bicyclic) bond motifs is 1. The Morgan fingerprint density at radius 3 is 2.43 bits per heavy atom. The molecular formula is C28H30F2N4O3. The van der Waals surface area contributed by atoms with Crippen molar-refractivity contribution in [3.05, 3.63) is 60.4 Å². The molecule has 1 unspecified atom stereocenters. The van der Waals surface area contributed by atoms with Crippen LogP contribution in [-0.2, 0) is 0 Å². The Morgan fingerprint density at radius 2 is 1.73 bits per heavy atom. The lowest BCUT2D eigenvalue weighted by Gasteiger charge is -2.20. The summed E-state index contributed by atoms with van der Waals surface area (Å²) in [5.74, 6) is 0.544. The molecule has 0 aliphatic rings. The molecule has 37 heavy (non-hydrogen) atoms. The van der Waals surface area contributed by atoms with Crippen LogP contribution in [0.15, 0.2) is 48.8 Å². The summed E-state index contributed by atoms with van der Waals surface area (Å²) < 4.78 is 45.8. The van der Waals surface area contributed by atoms with E-state index in [2.05, 4.69) is 29.1 Å². The van der Waals surface area contributed by atoms with Crippen LogP contribution < -0.4 is 25.3 Å². The van der Waals surface area contributed by atoms with E-state index in [-0.39, 0.29) is 11.7 Å². The van der Waals surface area contributed by atoms with E-state index in [1.54, 1.807) is 31.4 Å². The number of ether oxygens (including phenoxy) is 3. The molecule has 1 atom stereocenters. The van der Waals surface area contributed by atoms with Gasteiger partial charge in [0.05, 0.1) is 31.5 Å². The summed E-state index contributed by atoms with van der Waals surface area (Å²) >= 11 is 0. The Bertz CT molecular complexity index is 1410. The third-order valence-corrected chi connectivity index (χ3v) is 6.17. The molecule has 0 fully saturated rings. The van der Waals surface area contributed by atoms with Crippen molar-refractivity contribution in [2.45, 2.75) is 39.2 Å². The van der Waals surface area contributed by atoms with Gasteiger partial charge in [-0.2, -0.15) is 0 Å². The molecule has 3 aromatic carbocycles. The number of methoxy groups -OCH3 is 2. The first-order chi connectivity index (χ1) is 17.9. The summed E-state index contributed by atoms with van der Waals surface area (Å²) in [4.78, 5) is 8.83. The highest BCUT2D eigenvalue weighted by atomic mass is 19.1. The second-order valence-corrected chi connectivity index (χ2v) is 8.54. The van der Waals surface area contributed by atoms with Crippen LogP contribution in [0.3, 0.4) is 0 Å². The summed E-state index contributed by atoms with van der Waals surface area (Å²) in [6.45, 7) is 4.20. The largest absolute Gasteiger partial charge is 0.495 e. The minimum atomic E-state index is -0.824. The number of aromatic nitrogens is 2. The third-order valence-electron chi connectivity index (χ3n) is 6.17. The van der Waals surface area contributed by atoms with Crippen molar-refractivity contribution in [2.75, 3.05) is 25.3 Å². The zero-order valence-electron chi connectivity index (χ0n) is 21.3. The van der Waals surface area contributed by atoms with Gasteiger partial charge < -0.3 is 25.3 Å². The van der Waals surface area contributed by atoms with Gasteiger partial charge in [-0.15, -0.1) is 0 Å². The van der Waals surface area contributed by atoms with Gasteiger partial charge in [0.15, 0.2) is 17.3 Å². The highest BCUT2D eigenvalue weighted by Crippen LogP contribution is 2.39. The fourth-order valence-corrected chi connectivity index (χ4v) is 4.16. The lowest BCUT2D eigenvalue weighted by atomic mass is 10.0. The molecule has 4 aromatic rings. The first-order valence-corrected chi connectivity index (χ1v) is 12.1. The van der Waals surface area contributed by atoms with Crippen LogP contribution in [-0.4, -0.2) is 30.3 Å². The number of anilines is 3. The number of halogens is 2. The smallest absolute Gasteiger partial charge is 0.162 e. The summed E-state index contributed by atoms with van der Waals surface area (Å²) in [6.07, 6.45) is 4.27. The number of hydrogen-bond donors (Lipinski definition) is 2. The van der Waals surface area contributed by atoms with Gasteiger partial charge in [0.2, 0.25) is 0 Å². The molecule has 0 radical (unpaired) electrons. The van der Waals surface area contributed by atoms with Crippen LogP contribution in [0.2, 0.25) is 0 Å². The number of rotatable bonds is 10. The van der Waals surface area contributed by atoms with Crippen LogP contribution >= 0.6 is 0 Å². The van der Waals surface area contributed by atoms with Gasteiger partial charge in [-0.3, -0.25) is 0 Å². The topological polar surface area (TPSA) is 91.5 Å². The van der Waals surface area contributed by atoms with E-state index in [0.717, 1.165) is 25.3 Å². The number of nitrogens with two attached hydrogens (primary N) is 1. The van der Waals surface area contributed by atoms with Gasteiger partial charge in [-0.25, -0.2) is 18.7 Å². The predicted molar refractivity (Wildman–Crippen MR) is 142 cm³/mol. The van der Waals surface area contributed by atoms with Crippen LogP contribution in [0.4, 0.5) is 26.0 Å². The lowest BCUT2D eigenvalue weighted by molar-refractivity contribution is 0.178. The van der Waals surface area contributed by atoms with Crippen molar-refractivity contribution in [1.82, 2.24) is 9.97 Å². The SMILES string of the molecule is CCCC(CC)Oc1cc2c(Nc3cc(-c4ccc(F)c(N)c4F)ccc3OC)ncnc2cc1OC. The Kier molecular flexibility index (Phi) is 7.91. The average Bonchev–Trinajstić information content (AvgIpc) is 2.91. The standard InChI is InChI=1S/C28H30F2N4O3/c1-5-7-17(6-2)37-25-13-19-21(14-24(25)36-4)32-15-33-28(19)34-22-12-16(8-11-23(22)35-3)18-9-10-20(29)27(31)26(18)30/h8-15,17H,5-7,31H2,1-4H3,(H,32,33,34). The van der Waals surface area contributed by atoms with E-state index in [4.69, 9.17) is 19.9 Å². The van der Waals surface area contributed by atoms with Gasteiger partial charge >= 0.3 is 0 Å². The summed E-state index contributed by atoms with van der Waals surface area (Å²) in [7, 11) is 3.12. The second kappa shape index (κ2) is 11.3. The van der Waals surface area contributed by atoms with E-state index in [9.17, 15) is 8.78 Å². The number of hydrogen-bond acceptors (Lipinski definition) is 7. The molecule has 0 amide bonds. The Balaban J connectivity index is 1.78. The van der Waals surface area contributed by atoms with Gasteiger partial charge in [-0.1, -0.05) is 26.3 Å². The highest BCUT2D eigenvalue weighted by Gasteiger charge is 2.18. The normalized spacial score (nSPS) is 11.8. The van der Waals surface area contributed by atoms with Crippen molar-refractivity contribution in [3.63, 3.8) is 0 Å². The van der Waals surface area contributed by atoms with E-state index in [0.29, 0.717) is 45.2 Å². The molecule has 0 saturated carbocycles. The van der Waals surface area contributed by atoms with Crippen molar-refractivity contribution in [2.24, 2.45) is 0 Å². The molecule has 9 heteroatoms. The van der Waals surface area contributed by atoms with Crippen LogP contribution in [0, 0.1) is 11.6 Å². The van der Waals surface area contributed by atoms with Crippen molar-refractivity contribution < 1.29 is 23.0 Å².